The third-order valence-electron chi connectivity index (χ3n) is 3.14. The average Bonchev–Trinajstić information content (AvgIpc) is 2.91. The maximum atomic E-state index is 12.1. The van der Waals surface area contributed by atoms with E-state index in [1.165, 1.54) is 12.1 Å². The van der Waals surface area contributed by atoms with Crippen LogP contribution in [0.15, 0.2) is 47.4 Å². The smallest absolute Gasteiger partial charge is 0.387 e. The van der Waals surface area contributed by atoms with Gasteiger partial charge in [-0.25, -0.2) is 9.78 Å². The molecule has 0 atom stereocenters. The molecule has 0 fully saturated rings. The van der Waals surface area contributed by atoms with Gasteiger partial charge < -0.3 is 10.1 Å². The minimum atomic E-state index is -2.89. The molecular weight excluding hydrogens is 340 g/mol. The van der Waals surface area contributed by atoms with Crippen molar-refractivity contribution in [2.75, 3.05) is 0 Å². The van der Waals surface area contributed by atoms with E-state index < -0.39 is 18.2 Å². The molecule has 0 radical (unpaired) electrons. The van der Waals surface area contributed by atoms with Crippen molar-refractivity contribution in [2.24, 2.45) is 0 Å². The SMILES string of the molecule is O=C(NCc1ccc(OC(F)F)cc1)n1sc2ncccc2c1=O. The predicted octanol–water partition coefficient (Wildman–Crippen LogP) is 2.82. The number of hydrogen-bond acceptors (Lipinski definition) is 5. The zero-order valence-electron chi connectivity index (χ0n) is 12.1. The largest absolute Gasteiger partial charge is 0.435 e. The first-order valence-electron chi connectivity index (χ1n) is 6.83. The monoisotopic (exact) mass is 351 g/mol. The Morgan fingerprint density at radius 2 is 2.04 bits per heavy atom. The van der Waals surface area contributed by atoms with Crippen LogP contribution in [-0.4, -0.2) is 21.6 Å². The quantitative estimate of drug-likeness (QED) is 0.784. The number of nitrogens with zero attached hydrogens (tertiary/aromatic N) is 2. The fourth-order valence-corrected chi connectivity index (χ4v) is 2.90. The summed E-state index contributed by atoms with van der Waals surface area (Å²) in [7, 11) is 0. The molecule has 0 unspecified atom stereocenters. The summed E-state index contributed by atoms with van der Waals surface area (Å²) < 4.78 is 29.4. The fourth-order valence-electron chi connectivity index (χ4n) is 2.04. The minimum Gasteiger partial charge on any atom is -0.435 e. The molecule has 0 bridgehead atoms. The fraction of sp³-hybridized carbons (Fsp3) is 0.133. The number of aromatic nitrogens is 2. The van der Waals surface area contributed by atoms with Crippen molar-refractivity contribution in [3.05, 3.63) is 58.5 Å². The number of carbonyl (C=O) groups is 1. The van der Waals surface area contributed by atoms with Crippen LogP contribution in [0, 0.1) is 0 Å². The van der Waals surface area contributed by atoms with Gasteiger partial charge in [0.15, 0.2) is 0 Å². The van der Waals surface area contributed by atoms with E-state index in [4.69, 9.17) is 0 Å². The summed E-state index contributed by atoms with van der Waals surface area (Å²) in [5.41, 5.74) is 0.249. The van der Waals surface area contributed by atoms with Gasteiger partial charge in [0.1, 0.15) is 10.6 Å². The molecule has 1 N–H and O–H groups in total. The Balaban J connectivity index is 1.68. The second-order valence-electron chi connectivity index (χ2n) is 4.73. The van der Waals surface area contributed by atoms with Gasteiger partial charge in [-0.3, -0.25) is 4.79 Å². The molecule has 3 rings (SSSR count). The lowest BCUT2D eigenvalue weighted by atomic mass is 10.2. The van der Waals surface area contributed by atoms with Crippen molar-refractivity contribution >= 4 is 27.8 Å². The molecule has 1 amide bonds. The van der Waals surface area contributed by atoms with Gasteiger partial charge in [0, 0.05) is 12.7 Å². The molecular formula is C15H11F2N3O3S. The molecule has 9 heteroatoms. The number of rotatable bonds is 4. The lowest BCUT2D eigenvalue weighted by Gasteiger charge is -2.07. The van der Waals surface area contributed by atoms with Gasteiger partial charge >= 0.3 is 12.6 Å². The molecule has 1 aromatic carbocycles. The maximum absolute atomic E-state index is 12.1. The van der Waals surface area contributed by atoms with Crippen LogP contribution in [0.1, 0.15) is 5.56 Å². The number of halogens is 2. The molecule has 0 saturated carbocycles. The molecule has 0 spiro atoms. The molecule has 0 saturated heterocycles. The Morgan fingerprint density at radius 1 is 1.29 bits per heavy atom. The van der Waals surface area contributed by atoms with E-state index >= 15 is 0 Å². The summed E-state index contributed by atoms with van der Waals surface area (Å²) in [5, 5.41) is 2.98. The van der Waals surface area contributed by atoms with Gasteiger partial charge in [0.25, 0.3) is 5.56 Å². The highest BCUT2D eigenvalue weighted by molar-refractivity contribution is 7.14. The third-order valence-corrected chi connectivity index (χ3v) is 4.15. The van der Waals surface area contributed by atoms with Gasteiger partial charge in [-0.05, 0) is 41.4 Å². The highest BCUT2D eigenvalue weighted by atomic mass is 32.1. The van der Waals surface area contributed by atoms with Gasteiger partial charge in [0.05, 0.1) is 5.39 Å². The van der Waals surface area contributed by atoms with Crippen molar-refractivity contribution < 1.29 is 18.3 Å². The van der Waals surface area contributed by atoms with E-state index in [1.54, 1.807) is 30.5 Å². The van der Waals surface area contributed by atoms with Crippen molar-refractivity contribution in [2.45, 2.75) is 13.2 Å². The number of fused-ring (bicyclic) bond motifs is 1. The molecule has 0 aliphatic rings. The number of alkyl halides is 2. The van der Waals surface area contributed by atoms with E-state index in [2.05, 4.69) is 15.0 Å². The zero-order valence-corrected chi connectivity index (χ0v) is 12.9. The van der Waals surface area contributed by atoms with Crippen LogP contribution in [0.5, 0.6) is 5.75 Å². The van der Waals surface area contributed by atoms with E-state index in [1.807, 2.05) is 0 Å². The third kappa shape index (κ3) is 3.40. The Kier molecular flexibility index (Phi) is 4.52. The van der Waals surface area contributed by atoms with Crippen LogP contribution in [0.4, 0.5) is 13.6 Å². The molecule has 6 nitrogen and oxygen atoms in total. The number of benzene rings is 1. The predicted molar refractivity (Wildman–Crippen MR) is 84.6 cm³/mol. The average molecular weight is 351 g/mol. The number of nitrogens with one attached hydrogen (secondary N) is 1. The van der Waals surface area contributed by atoms with Gasteiger partial charge in [-0.1, -0.05) is 12.1 Å². The van der Waals surface area contributed by atoms with Crippen molar-refractivity contribution in [3.8, 4) is 5.75 Å². The van der Waals surface area contributed by atoms with E-state index in [-0.39, 0.29) is 12.3 Å². The first-order valence-corrected chi connectivity index (χ1v) is 7.61. The van der Waals surface area contributed by atoms with Crippen LogP contribution in [0.25, 0.3) is 10.2 Å². The summed E-state index contributed by atoms with van der Waals surface area (Å²) in [6.45, 7) is -2.74. The Labute approximate surface area is 138 Å². The lowest BCUT2D eigenvalue weighted by molar-refractivity contribution is -0.0498. The summed E-state index contributed by atoms with van der Waals surface area (Å²) in [5.74, 6) is 0.0341. The summed E-state index contributed by atoms with van der Waals surface area (Å²) in [6.07, 6.45) is 1.55. The summed E-state index contributed by atoms with van der Waals surface area (Å²) in [4.78, 5) is 28.8. The van der Waals surface area contributed by atoms with E-state index in [9.17, 15) is 18.4 Å². The normalized spacial score (nSPS) is 11.0. The molecule has 2 heterocycles. The highest BCUT2D eigenvalue weighted by Gasteiger charge is 2.14. The molecule has 0 aliphatic carbocycles. The maximum Gasteiger partial charge on any atom is 0.387 e. The Hall–Kier alpha value is -2.81. The van der Waals surface area contributed by atoms with Crippen LogP contribution in [0.3, 0.4) is 0 Å². The van der Waals surface area contributed by atoms with Crippen molar-refractivity contribution in [1.82, 2.24) is 14.3 Å². The number of pyridine rings is 1. The standard InChI is InChI=1S/C15H11F2N3O3S/c16-14(17)23-10-5-3-9(4-6-10)8-19-15(22)20-13(21)11-2-1-7-18-12(11)24-20/h1-7,14H,8H2,(H,19,22). The van der Waals surface area contributed by atoms with Gasteiger partial charge in [-0.2, -0.15) is 12.7 Å². The topological polar surface area (TPSA) is 73.2 Å². The molecule has 3 aromatic rings. The second kappa shape index (κ2) is 6.75. The first kappa shape index (κ1) is 16.1. The summed E-state index contributed by atoms with van der Waals surface area (Å²) in [6, 6.07) is 8.51. The molecule has 0 aliphatic heterocycles. The Bertz CT molecular complexity index is 922. The molecule has 124 valence electrons. The minimum absolute atomic E-state index is 0.0341. The van der Waals surface area contributed by atoms with Gasteiger partial charge in [-0.15, -0.1) is 0 Å². The second-order valence-corrected chi connectivity index (χ2v) is 5.66. The van der Waals surface area contributed by atoms with E-state index in [0.29, 0.717) is 15.8 Å². The Morgan fingerprint density at radius 3 is 2.71 bits per heavy atom. The lowest BCUT2D eigenvalue weighted by Crippen LogP contribution is -2.32. The summed E-state index contributed by atoms with van der Waals surface area (Å²) >= 11 is 0.954. The first-order chi connectivity index (χ1) is 11.5. The number of amides is 1. The number of ether oxygens (including phenoxy) is 1. The molecule has 2 aromatic heterocycles. The van der Waals surface area contributed by atoms with Crippen molar-refractivity contribution in [3.63, 3.8) is 0 Å². The van der Waals surface area contributed by atoms with Gasteiger partial charge in [0.2, 0.25) is 0 Å². The van der Waals surface area contributed by atoms with Crippen LogP contribution in [0.2, 0.25) is 0 Å². The van der Waals surface area contributed by atoms with Crippen LogP contribution >= 0.6 is 11.5 Å². The zero-order chi connectivity index (χ0) is 17.1. The van der Waals surface area contributed by atoms with Crippen LogP contribution in [-0.2, 0) is 6.54 Å². The highest BCUT2D eigenvalue weighted by Crippen LogP contribution is 2.15. The number of hydrogen-bond donors (Lipinski definition) is 1. The van der Waals surface area contributed by atoms with Crippen molar-refractivity contribution in [1.29, 1.82) is 0 Å². The van der Waals surface area contributed by atoms with E-state index in [0.717, 1.165) is 15.5 Å². The van der Waals surface area contributed by atoms with Crippen LogP contribution < -0.4 is 15.6 Å². The number of carbonyl (C=O) groups excluding carboxylic acids is 1. The molecule has 24 heavy (non-hydrogen) atoms.